The maximum Gasteiger partial charge on any atom is 0.230 e. The Morgan fingerprint density at radius 2 is 1.79 bits per heavy atom. The SMILES string of the molecule is CC(NC(=O)C1(c2cccc(F)c2)CCCC1)C(Cc1ccc(Cl)cc1)c1cccc(C#N)c1. The van der Waals surface area contributed by atoms with Crippen LogP contribution in [0.2, 0.25) is 5.02 Å². The van der Waals surface area contributed by atoms with Gasteiger partial charge in [-0.05, 0) is 79.3 Å². The van der Waals surface area contributed by atoms with E-state index >= 15 is 0 Å². The highest BCUT2D eigenvalue weighted by Gasteiger charge is 2.43. The maximum atomic E-state index is 14.0. The van der Waals surface area contributed by atoms with E-state index in [1.165, 1.54) is 12.1 Å². The van der Waals surface area contributed by atoms with E-state index in [0.29, 0.717) is 29.8 Å². The molecule has 3 aromatic rings. The fraction of sp³-hybridized carbons (Fsp3) is 0.310. The summed E-state index contributed by atoms with van der Waals surface area (Å²) >= 11 is 6.07. The number of hydrogen-bond donors (Lipinski definition) is 1. The molecule has 1 saturated carbocycles. The molecule has 0 radical (unpaired) electrons. The molecule has 0 heterocycles. The largest absolute Gasteiger partial charge is 0.352 e. The zero-order chi connectivity index (χ0) is 24.1. The lowest BCUT2D eigenvalue weighted by atomic mass is 9.77. The Balaban J connectivity index is 1.63. The maximum absolute atomic E-state index is 14.0. The van der Waals surface area contributed by atoms with Gasteiger partial charge in [-0.1, -0.05) is 60.8 Å². The van der Waals surface area contributed by atoms with Crippen molar-refractivity contribution in [2.45, 2.75) is 56.4 Å². The summed E-state index contributed by atoms with van der Waals surface area (Å²) in [6.07, 6.45) is 3.98. The Hall–Kier alpha value is -3.16. The highest BCUT2D eigenvalue weighted by atomic mass is 35.5. The van der Waals surface area contributed by atoms with Crippen molar-refractivity contribution in [3.63, 3.8) is 0 Å². The number of nitrogens with zero attached hydrogens (tertiary/aromatic N) is 1. The molecule has 1 fully saturated rings. The Kier molecular flexibility index (Phi) is 7.34. The molecule has 34 heavy (non-hydrogen) atoms. The molecule has 3 aromatic carbocycles. The van der Waals surface area contributed by atoms with Gasteiger partial charge in [-0.2, -0.15) is 5.26 Å². The molecule has 0 bridgehead atoms. The standard InChI is InChI=1S/C29H28ClFN2O/c1-20(33-28(34)29(14-2-3-15-29)24-8-5-9-26(31)18-24)27(17-21-10-12-25(30)13-11-21)23-7-4-6-22(16-23)19-32/h4-13,16,18,20,27H,2-3,14-15,17H2,1H3,(H,33,34). The highest BCUT2D eigenvalue weighted by Crippen LogP contribution is 2.42. The van der Waals surface area contributed by atoms with Gasteiger partial charge < -0.3 is 5.32 Å². The normalized spacial score (nSPS) is 16.4. The molecule has 0 aliphatic heterocycles. The van der Waals surface area contributed by atoms with E-state index in [1.807, 2.05) is 55.5 Å². The Bertz CT molecular complexity index is 1200. The predicted octanol–water partition coefficient (Wildman–Crippen LogP) is 6.69. The van der Waals surface area contributed by atoms with Gasteiger partial charge in [0.15, 0.2) is 0 Å². The summed E-state index contributed by atoms with van der Waals surface area (Å²) in [5.41, 5.74) is 2.71. The van der Waals surface area contributed by atoms with E-state index in [0.717, 1.165) is 29.5 Å². The number of carbonyl (C=O) groups excluding carboxylic acids is 1. The van der Waals surface area contributed by atoms with Gasteiger partial charge in [0.25, 0.3) is 0 Å². The van der Waals surface area contributed by atoms with Crippen LogP contribution in [0, 0.1) is 17.1 Å². The Morgan fingerprint density at radius 3 is 2.47 bits per heavy atom. The third-order valence-corrected chi connectivity index (χ3v) is 7.30. The summed E-state index contributed by atoms with van der Waals surface area (Å²) in [5.74, 6) is -0.427. The van der Waals surface area contributed by atoms with Crippen molar-refractivity contribution in [3.05, 3.63) is 106 Å². The van der Waals surface area contributed by atoms with Crippen molar-refractivity contribution < 1.29 is 9.18 Å². The minimum atomic E-state index is -0.713. The summed E-state index contributed by atoms with van der Waals surface area (Å²) in [4.78, 5) is 13.7. The fourth-order valence-corrected chi connectivity index (χ4v) is 5.28. The predicted molar refractivity (Wildman–Crippen MR) is 133 cm³/mol. The molecular formula is C29H28ClFN2O. The summed E-state index contributed by atoms with van der Waals surface area (Å²) < 4.78 is 14.0. The van der Waals surface area contributed by atoms with Crippen molar-refractivity contribution in [1.29, 1.82) is 5.26 Å². The van der Waals surface area contributed by atoms with Gasteiger partial charge in [0.1, 0.15) is 5.82 Å². The molecule has 1 aliphatic carbocycles. The van der Waals surface area contributed by atoms with Crippen molar-refractivity contribution >= 4 is 17.5 Å². The molecule has 0 saturated heterocycles. The van der Waals surface area contributed by atoms with Gasteiger partial charge in [-0.3, -0.25) is 4.79 Å². The number of halogens is 2. The van der Waals surface area contributed by atoms with Crippen molar-refractivity contribution in [1.82, 2.24) is 5.32 Å². The first kappa shape index (κ1) is 24.0. The molecule has 3 nitrogen and oxygen atoms in total. The molecule has 5 heteroatoms. The fourth-order valence-electron chi connectivity index (χ4n) is 5.15. The molecule has 1 aliphatic rings. The zero-order valence-corrected chi connectivity index (χ0v) is 20.0. The average molecular weight is 475 g/mol. The lowest BCUT2D eigenvalue weighted by Crippen LogP contribution is -2.48. The van der Waals surface area contributed by atoms with E-state index in [2.05, 4.69) is 11.4 Å². The number of hydrogen-bond acceptors (Lipinski definition) is 2. The van der Waals surface area contributed by atoms with E-state index in [-0.39, 0.29) is 23.7 Å². The van der Waals surface area contributed by atoms with Gasteiger partial charge in [0.2, 0.25) is 5.91 Å². The van der Waals surface area contributed by atoms with E-state index in [1.54, 1.807) is 12.1 Å². The number of nitrogens with one attached hydrogen (secondary N) is 1. The second-order valence-corrected chi connectivity index (χ2v) is 9.67. The number of carbonyl (C=O) groups is 1. The Morgan fingerprint density at radius 1 is 1.09 bits per heavy atom. The van der Waals surface area contributed by atoms with Crippen molar-refractivity contribution in [2.24, 2.45) is 0 Å². The van der Waals surface area contributed by atoms with Crippen LogP contribution in [0.15, 0.2) is 72.8 Å². The molecule has 1 amide bonds. The van der Waals surface area contributed by atoms with Crippen molar-refractivity contribution in [2.75, 3.05) is 0 Å². The monoisotopic (exact) mass is 474 g/mol. The first-order chi connectivity index (χ1) is 16.4. The molecule has 2 unspecified atom stereocenters. The van der Waals surface area contributed by atoms with Gasteiger partial charge in [-0.15, -0.1) is 0 Å². The van der Waals surface area contributed by atoms with Crippen LogP contribution >= 0.6 is 11.6 Å². The molecule has 174 valence electrons. The van der Waals surface area contributed by atoms with Gasteiger partial charge in [0, 0.05) is 17.0 Å². The van der Waals surface area contributed by atoms with Crippen molar-refractivity contribution in [3.8, 4) is 6.07 Å². The minimum Gasteiger partial charge on any atom is -0.352 e. The van der Waals surface area contributed by atoms with Crippen LogP contribution < -0.4 is 5.32 Å². The number of rotatable bonds is 7. The topological polar surface area (TPSA) is 52.9 Å². The van der Waals surface area contributed by atoms with Crippen LogP contribution in [-0.4, -0.2) is 11.9 Å². The Labute approximate surface area is 205 Å². The van der Waals surface area contributed by atoms with Crippen LogP contribution in [-0.2, 0) is 16.6 Å². The number of benzene rings is 3. The summed E-state index contributed by atoms with van der Waals surface area (Å²) in [6, 6.07) is 23.7. The lowest BCUT2D eigenvalue weighted by Gasteiger charge is -2.33. The third kappa shape index (κ3) is 5.16. The smallest absolute Gasteiger partial charge is 0.230 e. The number of amides is 1. The molecule has 2 atom stereocenters. The van der Waals surface area contributed by atoms with Crippen LogP contribution in [0.25, 0.3) is 0 Å². The third-order valence-electron chi connectivity index (χ3n) is 7.04. The molecular weight excluding hydrogens is 447 g/mol. The summed E-state index contributed by atoms with van der Waals surface area (Å²) in [7, 11) is 0. The van der Waals surface area contributed by atoms with E-state index < -0.39 is 5.41 Å². The first-order valence-electron chi connectivity index (χ1n) is 11.7. The molecule has 0 spiro atoms. The quantitative estimate of drug-likeness (QED) is 0.414. The van der Waals surface area contributed by atoms with Gasteiger partial charge in [0.05, 0.1) is 17.0 Å². The van der Waals surface area contributed by atoms with Gasteiger partial charge in [-0.25, -0.2) is 4.39 Å². The van der Waals surface area contributed by atoms with Crippen LogP contribution in [0.4, 0.5) is 4.39 Å². The lowest BCUT2D eigenvalue weighted by molar-refractivity contribution is -0.127. The minimum absolute atomic E-state index is 0.0515. The molecule has 4 rings (SSSR count). The summed E-state index contributed by atoms with van der Waals surface area (Å²) in [6.45, 7) is 2.01. The van der Waals surface area contributed by atoms with E-state index in [4.69, 9.17) is 11.6 Å². The van der Waals surface area contributed by atoms with Gasteiger partial charge >= 0.3 is 0 Å². The summed E-state index contributed by atoms with van der Waals surface area (Å²) in [5, 5.41) is 13.4. The second kappa shape index (κ2) is 10.4. The van der Waals surface area contributed by atoms with E-state index in [9.17, 15) is 14.4 Å². The first-order valence-corrected chi connectivity index (χ1v) is 12.1. The van der Waals surface area contributed by atoms with Crippen LogP contribution in [0.5, 0.6) is 0 Å². The highest BCUT2D eigenvalue weighted by molar-refractivity contribution is 6.30. The van der Waals surface area contributed by atoms with Crippen LogP contribution in [0.3, 0.4) is 0 Å². The second-order valence-electron chi connectivity index (χ2n) is 9.24. The number of nitriles is 1. The molecule has 0 aromatic heterocycles. The average Bonchev–Trinajstić information content (AvgIpc) is 3.35. The molecule has 1 N–H and O–H groups in total. The zero-order valence-electron chi connectivity index (χ0n) is 19.2. The van der Waals surface area contributed by atoms with Crippen LogP contribution in [0.1, 0.15) is 60.8 Å².